The molecule has 0 amide bonds. The van der Waals surface area contributed by atoms with Crippen LogP contribution in [0.1, 0.15) is 11.6 Å². The van der Waals surface area contributed by atoms with E-state index in [1.165, 1.54) is 9.59 Å². The lowest BCUT2D eigenvalue weighted by molar-refractivity contribution is 0.511. The number of aryl methyl sites for hydroxylation is 2. The van der Waals surface area contributed by atoms with E-state index in [0.717, 1.165) is 5.56 Å². The van der Waals surface area contributed by atoms with E-state index in [9.17, 15) is 0 Å². The molecule has 0 unspecified atom stereocenters. The second-order valence-corrected chi connectivity index (χ2v) is 4.89. The van der Waals surface area contributed by atoms with Gasteiger partial charge in [0.1, 0.15) is 6.54 Å². The van der Waals surface area contributed by atoms with Crippen molar-refractivity contribution in [2.24, 2.45) is 0 Å². The van der Waals surface area contributed by atoms with E-state index < -0.39 is 0 Å². The lowest BCUT2D eigenvalue weighted by Crippen LogP contribution is -2.08. The van der Waals surface area contributed by atoms with Gasteiger partial charge >= 0.3 is 0 Å². The van der Waals surface area contributed by atoms with Crippen LogP contribution in [0.25, 0.3) is 11.4 Å². The molecule has 1 N–H and O–H groups in total. The molecule has 0 saturated heterocycles. The summed E-state index contributed by atoms with van der Waals surface area (Å²) in [5.41, 5.74) is 0.924. The first-order chi connectivity index (χ1) is 11.9. The molecule has 0 spiro atoms. The van der Waals surface area contributed by atoms with E-state index in [1.807, 2.05) is 30.3 Å². The number of nitrogens with one attached hydrogen (secondary N) is 1. The Balaban J connectivity index is 1.37. The van der Waals surface area contributed by atoms with Crippen LogP contribution in [0.15, 0.2) is 30.3 Å². The van der Waals surface area contributed by atoms with Crippen molar-refractivity contribution >= 4 is 0 Å². The van der Waals surface area contributed by atoms with E-state index in [2.05, 4.69) is 51.4 Å². The SMILES string of the molecule is c1ccc(-c2nnn(CCc3nnn(Cc4nn[nH]n4)n3)n2)cc1. The predicted octanol–water partition coefficient (Wildman–Crippen LogP) is -0.869. The quantitative estimate of drug-likeness (QED) is 0.479. The third kappa shape index (κ3) is 3.11. The second kappa shape index (κ2) is 6.28. The Morgan fingerprint density at radius 1 is 0.875 bits per heavy atom. The molecule has 1 aromatic carbocycles. The minimum Gasteiger partial charge on any atom is -0.177 e. The van der Waals surface area contributed by atoms with Crippen LogP contribution in [0.2, 0.25) is 0 Å². The first-order valence-electron chi connectivity index (χ1n) is 7.19. The highest BCUT2D eigenvalue weighted by Crippen LogP contribution is 2.11. The molecule has 3 aromatic heterocycles. The number of aromatic nitrogens is 12. The first kappa shape index (κ1) is 14.0. The van der Waals surface area contributed by atoms with E-state index in [1.54, 1.807) is 0 Å². The van der Waals surface area contributed by atoms with Gasteiger partial charge in [0, 0.05) is 12.0 Å². The molecule has 24 heavy (non-hydrogen) atoms. The number of tetrazole rings is 3. The standard InChI is InChI=1S/C12H12N12/c1-2-4-9(5-3-1)12-16-22-23(18-12)7-6-10-15-21-24(17-10)8-11-13-19-20-14-11/h1-5H,6-8H2,(H,13,14,19,20). The molecular formula is C12H12N12. The van der Waals surface area contributed by atoms with Crippen LogP contribution >= 0.6 is 0 Å². The van der Waals surface area contributed by atoms with Crippen LogP contribution in [0.4, 0.5) is 0 Å². The first-order valence-corrected chi connectivity index (χ1v) is 7.19. The van der Waals surface area contributed by atoms with Crippen LogP contribution < -0.4 is 0 Å². The van der Waals surface area contributed by atoms with E-state index in [-0.39, 0.29) is 0 Å². The number of rotatable bonds is 6. The number of aromatic amines is 1. The smallest absolute Gasteiger partial charge is 0.177 e. The normalized spacial score (nSPS) is 11.0. The molecule has 4 aromatic rings. The van der Waals surface area contributed by atoms with Crippen molar-refractivity contribution in [2.45, 2.75) is 19.5 Å². The highest BCUT2D eigenvalue weighted by Gasteiger charge is 2.09. The zero-order valence-corrected chi connectivity index (χ0v) is 12.4. The fourth-order valence-electron chi connectivity index (χ4n) is 2.06. The molecule has 0 aliphatic rings. The Bertz CT molecular complexity index is 893. The Morgan fingerprint density at radius 3 is 2.58 bits per heavy atom. The summed E-state index contributed by atoms with van der Waals surface area (Å²) in [6.45, 7) is 0.816. The molecule has 3 heterocycles. The van der Waals surface area contributed by atoms with E-state index in [4.69, 9.17) is 0 Å². The van der Waals surface area contributed by atoms with Gasteiger partial charge in [-0.05, 0) is 10.4 Å². The van der Waals surface area contributed by atoms with Gasteiger partial charge in [0.15, 0.2) is 11.6 Å². The third-order valence-electron chi connectivity index (χ3n) is 3.19. The Morgan fingerprint density at radius 2 is 1.75 bits per heavy atom. The number of benzene rings is 1. The monoisotopic (exact) mass is 324 g/mol. The molecule has 0 bridgehead atoms. The summed E-state index contributed by atoms with van der Waals surface area (Å²) >= 11 is 0. The van der Waals surface area contributed by atoms with Gasteiger partial charge in [-0.1, -0.05) is 35.5 Å². The molecule has 12 nitrogen and oxygen atoms in total. The zero-order valence-electron chi connectivity index (χ0n) is 12.4. The lowest BCUT2D eigenvalue weighted by atomic mass is 10.2. The fourth-order valence-corrected chi connectivity index (χ4v) is 2.06. The minimum absolute atomic E-state index is 0.309. The van der Waals surface area contributed by atoms with Crippen molar-refractivity contribution < 1.29 is 0 Å². The molecule has 0 radical (unpaired) electrons. The summed E-state index contributed by atoms with van der Waals surface area (Å²) in [6.07, 6.45) is 0.539. The van der Waals surface area contributed by atoms with Crippen molar-refractivity contribution in [2.75, 3.05) is 0 Å². The van der Waals surface area contributed by atoms with Crippen LogP contribution in [-0.4, -0.2) is 61.0 Å². The maximum absolute atomic E-state index is 4.34. The topological polar surface area (TPSA) is 142 Å². The van der Waals surface area contributed by atoms with Gasteiger partial charge in [-0.15, -0.1) is 30.6 Å². The number of hydrogen-bond donors (Lipinski definition) is 1. The maximum Gasteiger partial charge on any atom is 0.204 e. The number of nitrogens with zero attached hydrogens (tertiary/aromatic N) is 11. The van der Waals surface area contributed by atoms with Crippen LogP contribution in [-0.2, 0) is 19.5 Å². The largest absolute Gasteiger partial charge is 0.204 e. The second-order valence-electron chi connectivity index (χ2n) is 4.89. The molecular weight excluding hydrogens is 312 g/mol. The predicted molar refractivity (Wildman–Crippen MR) is 78.1 cm³/mol. The van der Waals surface area contributed by atoms with Gasteiger partial charge in [-0.3, -0.25) is 0 Å². The van der Waals surface area contributed by atoms with Gasteiger partial charge in [0.2, 0.25) is 5.82 Å². The van der Waals surface area contributed by atoms with Crippen molar-refractivity contribution in [3.8, 4) is 11.4 Å². The molecule has 0 fully saturated rings. The molecule has 0 aliphatic carbocycles. The highest BCUT2D eigenvalue weighted by molar-refractivity contribution is 5.52. The Hall–Kier alpha value is -3.57. The van der Waals surface area contributed by atoms with Crippen LogP contribution in [0.3, 0.4) is 0 Å². The average Bonchev–Trinajstić information content (AvgIpc) is 3.36. The summed E-state index contributed by atoms with van der Waals surface area (Å²) in [5, 5.41) is 38.1. The molecule has 0 aliphatic heterocycles. The van der Waals surface area contributed by atoms with Gasteiger partial charge in [0.25, 0.3) is 0 Å². The van der Waals surface area contributed by atoms with Crippen molar-refractivity contribution in [1.82, 2.24) is 61.0 Å². The number of hydrogen-bond acceptors (Lipinski definition) is 9. The van der Waals surface area contributed by atoms with Crippen molar-refractivity contribution in [1.29, 1.82) is 0 Å². The summed E-state index contributed by atoms with van der Waals surface area (Å²) in [6, 6.07) is 9.68. The molecule has 4 rings (SSSR count). The average molecular weight is 324 g/mol. The summed E-state index contributed by atoms with van der Waals surface area (Å²) in [4.78, 5) is 2.92. The highest BCUT2D eigenvalue weighted by atomic mass is 15.6. The molecule has 0 atom stereocenters. The van der Waals surface area contributed by atoms with Gasteiger partial charge in [-0.25, -0.2) is 0 Å². The molecule has 120 valence electrons. The zero-order chi connectivity index (χ0) is 16.2. The van der Waals surface area contributed by atoms with Crippen molar-refractivity contribution in [3.63, 3.8) is 0 Å². The van der Waals surface area contributed by atoms with E-state index >= 15 is 0 Å². The number of H-pyrrole nitrogens is 1. The van der Waals surface area contributed by atoms with Crippen LogP contribution in [0.5, 0.6) is 0 Å². The van der Waals surface area contributed by atoms with Crippen molar-refractivity contribution in [3.05, 3.63) is 42.0 Å². The van der Waals surface area contributed by atoms with E-state index in [0.29, 0.717) is 37.0 Å². The summed E-state index contributed by atoms with van der Waals surface area (Å²) in [5.74, 6) is 1.66. The third-order valence-corrected chi connectivity index (χ3v) is 3.19. The Kier molecular flexibility index (Phi) is 3.67. The molecule has 0 saturated carbocycles. The van der Waals surface area contributed by atoms with Gasteiger partial charge in [0.05, 0.1) is 6.54 Å². The summed E-state index contributed by atoms with van der Waals surface area (Å²) < 4.78 is 0. The van der Waals surface area contributed by atoms with Crippen LogP contribution in [0, 0.1) is 0 Å². The molecule has 12 heteroatoms. The van der Waals surface area contributed by atoms with Gasteiger partial charge < -0.3 is 0 Å². The minimum atomic E-state index is 0.309. The lowest BCUT2D eigenvalue weighted by Gasteiger charge is -1.95. The maximum atomic E-state index is 4.34. The Labute approximate surface area is 134 Å². The van der Waals surface area contributed by atoms with Gasteiger partial charge in [-0.2, -0.15) is 14.8 Å². The summed E-state index contributed by atoms with van der Waals surface area (Å²) in [7, 11) is 0. The fraction of sp³-hybridized carbons (Fsp3) is 0.250.